The zero-order valence-corrected chi connectivity index (χ0v) is 36.8. The number of aliphatic imine (C=N–C) groups is 1. The van der Waals surface area contributed by atoms with Crippen molar-refractivity contribution in [3.8, 4) is 0 Å². The SMILES string of the molecule is CC[C@H]1OC(=O)[C@H](C)C(=O)[C@H](C)[C@@H](O[C@@H]2O[C@H](C)C[C@H](N(C)C)[C@H]2O)[C@@]2(C)C[C@@H](C)C(=NC(C)=O)C[C@@H](OC/C(=N/OCc3ccc(C(=O)NC4CC4)cc3)CO2)[C@]1(C)O. The lowest BCUT2D eigenvalue weighted by Gasteiger charge is -2.47. The number of oxime groups is 1. The first-order valence-electron chi connectivity index (χ1n) is 21.3. The number of carbonyl (C=O) groups excluding carboxylic acids is 4. The van der Waals surface area contributed by atoms with E-state index in [1.807, 2.05) is 32.8 Å². The van der Waals surface area contributed by atoms with Crippen molar-refractivity contribution in [3.63, 3.8) is 0 Å². The maximum absolute atomic E-state index is 14.5. The van der Waals surface area contributed by atoms with E-state index in [0.29, 0.717) is 17.7 Å². The molecule has 2 amide bonds. The summed E-state index contributed by atoms with van der Waals surface area (Å²) in [5.74, 6) is -4.74. The highest BCUT2D eigenvalue weighted by atomic mass is 16.7. The van der Waals surface area contributed by atoms with Crippen LogP contribution in [-0.4, -0.2) is 138 Å². The number of cyclic esters (lactones) is 1. The van der Waals surface area contributed by atoms with Crippen molar-refractivity contribution in [1.82, 2.24) is 10.2 Å². The molecular formula is C44H66N4O12. The number of benzene rings is 1. The van der Waals surface area contributed by atoms with Crippen molar-refractivity contribution in [3.05, 3.63) is 35.4 Å². The molecule has 4 fully saturated rings. The van der Waals surface area contributed by atoms with E-state index in [4.69, 9.17) is 28.5 Å². The zero-order valence-electron chi connectivity index (χ0n) is 36.8. The molecule has 1 aromatic rings. The highest BCUT2D eigenvalue weighted by Crippen LogP contribution is 2.39. The normalized spacial score (nSPS) is 37.5. The van der Waals surface area contributed by atoms with Gasteiger partial charge >= 0.3 is 5.97 Å². The quantitative estimate of drug-likeness (QED) is 0.184. The van der Waals surface area contributed by atoms with E-state index in [-0.39, 0.29) is 68.9 Å². The molecule has 1 aliphatic carbocycles. The summed E-state index contributed by atoms with van der Waals surface area (Å²) in [7, 11) is 3.72. The molecule has 5 rings (SSSR count). The van der Waals surface area contributed by atoms with Gasteiger partial charge in [-0.25, -0.2) is 4.99 Å². The largest absolute Gasteiger partial charge is 0.459 e. The predicted molar refractivity (Wildman–Crippen MR) is 221 cm³/mol. The van der Waals surface area contributed by atoms with Gasteiger partial charge in [0.1, 0.15) is 36.0 Å². The third-order valence-corrected chi connectivity index (χ3v) is 12.3. The second-order valence-electron chi connectivity index (χ2n) is 17.8. The van der Waals surface area contributed by atoms with Crippen LogP contribution < -0.4 is 5.32 Å². The minimum absolute atomic E-state index is 0.0330. The molecule has 1 saturated carbocycles. The number of aliphatic hydroxyl groups excluding tert-OH is 1. The fourth-order valence-corrected chi connectivity index (χ4v) is 8.47. The Kier molecular flexibility index (Phi) is 15.8. The van der Waals surface area contributed by atoms with Gasteiger partial charge in [-0.3, -0.25) is 19.2 Å². The number of carbonyl (C=O) groups is 4. The standard InChI is InChI=1S/C44H66N4O12/c1-11-35-44(8,54)36-19-33(45-28(6)49)24(2)20-43(7,56-23-32(22-55-36)47-57-21-29-12-14-30(15-13-29)40(52)46-31-16-17-31)39(26(4)37(50)27(5)41(53)59-35)60-42-38(51)34(48(9)10)18-25(3)58-42/h12-15,24-27,31,34-36,38-39,42,51,54H,11,16-23H2,1-10H3,(H,46,52)/b45-33?,47-32-/t24-,25-,26+,27-,34+,35-,36-,38-,39-,42+,43-,44-/m1/s1. The Balaban J connectivity index is 1.58. The molecular weight excluding hydrogens is 776 g/mol. The van der Waals surface area contributed by atoms with E-state index < -0.39 is 77.3 Å². The van der Waals surface area contributed by atoms with Crippen LogP contribution in [0, 0.1) is 17.8 Å². The molecule has 16 heteroatoms. The monoisotopic (exact) mass is 842 g/mol. The maximum Gasteiger partial charge on any atom is 0.316 e. The Labute approximate surface area is 353 Å². The molecule has 12 atom stereocenters. The summed E-state index contributed by atoms with van der Waals surface area (Å²) in [6, 6.07) is 6.93. The Morgan fingerprint density at radius 3 is 2.35 bits per heavy atom. The second-order valence-corrected chi connectivity index (χ2v) is 17.8. The fourth-order valence-electron chi connectivity index (χ4n) is 8.47. The van der Waals surface area contributed by atoms with Gasteiger partial charge in [0.15, 0.2) is 12.1 Å². The number of hydrogen-bond donors (Lipinski definition) is 3. The number of aliphatic hydroxyl groups is 2. The molecule has 0 spiro atoms. The molecule has 1 aromatic carbocycles. The van der Waals surface area contributed by atoms with Gasteiger partial charge in [0.2, 0.25) is 5.91 Å². The van der Waals surface area contributed by atoms with E-state index >= 15 is 0 Å². The maximum atomic E-state index is 14.5. The number of ketones is 1. The third kappa shape index (κ3) is 11.6. The average molecular weight is 843 g/mol. The first kappa shape index (κ1) is 47.4. The number of ether oxygens (including phenoxy) is 5. The van der Waals surface area contributed by atoms with Crippen molar-refractivity contribution >= 4 is 35.0 Å². The van der Waals surface area contributed by atoms with Crippen LogP contribution in [0.15, 0.2) is 34.4 Å². The number of nitrogens with one attached hydrogen (secondary N) is 1. The second kappa shape index (κ2) is 20.0. The average Bonchev–Trinajstić information content (AvgIpc) is 4.02. The lowest BCUT2D eigenvalue weighted by molar-refractivity contribution is -0.296. The number of likely N-dealkylation sites (N-methyl/N-ethyl adjacent to an activating group) is 1. The number of nitrogens with zero attached hydrogens (tertiary/aromatic N) is 3. The van der Waals surface area contributed by atoms with E-state index in [1.165, 1.54) is 20.8 Å². The summed E-state index contributed by atoms with van der Waals surface area (Å²) in [5.41, 5.74) is -1.27. The minimum Gasteiger partial charge on any atom is -0.459 e. The van der Waals surface area contributed by atoms with Gasteiger partial charge in [0.05, 0.1) is 37.1 Å². The number of Topliss-reactive ketones (excluding diaryl/α,β-unsaturated/α-hetero) is 1. The van der Waals surface area contributed by atoms with Gasteiger partial charge < -0.3 is 49.0 Å². The van der Waals surface area contributed by atoms with Gasteiger partial charge in [-0.2, -0.15) is 0 Å². The molecule has 3 N–H and O–H groups in total. The van der Waals surface area contributed by atoms with Gasteiger partial charge in [-0.15, -0.1) is 0 Å². The Morgan fingerprint density at radius 2 is 1.73 bits per heavy atom. The van der Waals surface area contributed by atoms with E-state index in [0.717, 1.165) is 18.4 Å². The first-order valence-corrected chi connectivity index (χ1v) is 21.3. The predicted octanol–water partition coefficient (Wildman–Crippen LogP) is 3.77. The molecule has 0 unspecified atom stereocenters. The van der Waals surface area contributed by atoms with E-state index in [2.05, 4.69) is 15.5 Å². The van der Waals surface area contributed by atoms with Crippen LogP contribution >= 0.6 is 0 Å². The van der Waals surface area contributed by atoms with Gasteiger partial charge in [-0.1, -0.05) is 38.1 Å². The molecule has 334 valence electrons. The van der Waals surface area contributed by atoms with Gasteiger partial charge in [0.25, 0.3) is 5.91 Å². The summed E-state index contributed by atoms with van der Waals surface area (Å²) in [5, 5.41) is 31.3. The van der Waals surface area contributed by atoms with Gasteiger partial charge in [0, 0.05) is 42.6 Å². The van der Waals surface area contributed by atoms with Crippen LogP contribution in [0.1, 0.15) is 110 Å². The lowest BCUT2D eigenvalue weighted by Crippen LogP contribution is -2.59. The topological polar surface area (TPSA) is 204 Å². The summed E-state index contributed by atoms with van der Waals surface area (Å²) in [6.45, 7) is 12.9. The number of rotatable bonds is 9. The highest BCUT2D eigenvalue weighted by Gasteiger charge is 2.52. The van der Waals surface area contributed by atoms with Crippen molar-refractivity contribution in [2.24, 2.45) is 27.9 Å². The van der Waals surface area contributed by atoms with Crippen LogP contribution in [0.5, 0.6) is 0 Å². The fraction of sp³-hybridized carbons (Fsp3) is 0.727. The molecule has 3 saturated heterocycles. The molecule has 16 nitrogen and oxygen atoms in total. The molecule has 0 aromatic heterocycles. The Hall–Kier alpha value is -3.64. The number of esters is 1. The first-order chi connectivity index (χ1) is 28.2. The molecule has 2 bridgehead atoms. The molecule has 3 heterocycles. The molecule has 3 aliphatic heterocycles. The highest BCUT2D eigenvalue weighted by molar-refractivity contribution is 6.00. The van der Waals surface area contributed by atoms with Crippen molar-refractivity contribution < 1.29 is 57.9 Å². The van der Waals surface area contributed by atoms with Crippen molar-refractivity contribution in [2.45, 2.75) is 161 Å². The summed E-state index contributed by atoms with van der Waals surface area (Å²) >= 11 is 0. The van der Waals surface area contributed by atoms with Crippen LogP contribution in [0.4, 0.5) is 0 Å². The Morgan fingerprint density at radius 1 is 1.05 bits per heavy atom. The van der Waals surface area contributed by atoms with Crippen LogP contribution in [-0.2, 0) is 49.5 Å². The van der Waals surface area contributed by atoms with Crippen LogP contribution in [0.2, 0.25) is 0 Å². The lowest BCUT2D eigenvalue weighted by atomic mass is 9.76. The van der Waals surface area contributed by atoms with E-state index in [9.17, 15) is 29.4 Å². The smallest absolute Gasteiger partial charge is 0.316 e. The summed E-state index contributed by atoms with van der Waals surface area (Å²) < 4.78 is 32.2. The van der Waals surface area contributed by atoms with Crippen molar-refractivity contribution in [1.29, 1.82) is 0 Å². The Bertz CT molecular complexity index is 1750. The molecule has 0 radical (unpaired) electrons. The number of hydrogen-bond acceptors (Lipinski definition) is 14. The number of fused-ring (bicyclic) bond motifs is 5. The zero-order chi connectivity index (χ0) is 44.1. The molecule has 4 aliphatic rings. The summed E-state index contributed by atoms with van der Waals surface area (Å²) in [6.07, 6.45) is -3.17. The minimum atomic E-state index is -1.84. The van der Waals surface area contributed by atoms with Crippen molar-refractivity contribution in [2.75, 3.05) is 27.3 Å². The van der Waals surface area contributed by atoms with Gasteiger partial charge in [-0.05, 0) is 97.5 Å². The third-order valence-electron chi connectivity index (χ3n) is 12.3. The van der Waals surface area contributed by atoms with Crippen LogP contribution in [0.25, 0.3) is 0 Å². The summed E-state index contributed by atoms with van der Waals surface area (Å²) in [4.78, 5) is 65.7. The molecule has 60 heavy (non-hydrogen) atoms. The van der Waals surface area contributed by atoms with E-state index in [1.54, 1.807) is 45.0 Å². The number of amides is 2. The van der Waals surface area contributed by atoms with Crippen LogP contribution in [0.3, 0.4) is 0 Å².